The number of rotatable bonds is 6. The summed E-state index contributed by atoms with van der Waals surface area (Å²) in [7, 11) is 1.48. The van der Waals surface area contributed by atoms with Gasteiger partial charge >= 0.3 is 5.97 Å². The van der Waals surface area contributed by atoms with E-state index in [-0.39, 0.29) is 0 Å². The third-order valence-electron chi connectivity index (χ3n) is 2.60. The molecule has 0 radical (unpaired) electrons. The maximum absolute atomic E-state index is 13.3. The van der Waals surface area contributed by atoms with Crippen LogP contribution in [0.25, 0.3) is 5.57 Å². The fourth-order valence-corrected chi connectivity index (χ4v) is 1.73. The first-order chi connectivity index (χ1) is 8.58. The van der Waals surface area contributed by atoms with E-state index in [1.54, 1.807) is 0 Å². The molecule has 0 spiro atoms. The number of carboxylic acids is 1. The van der Waals surface area contributed by atoms with E-state index in [1.807, 2.05) is 6.92 Å². The van der Waals surface area contributed by atoms with Crippen molar-refractivity contribution in [2.45, 2.75) is 26.2 Å². The lowest BCUT2D eigenvalue weighted by atomic mass is 9.99. The SMILES string of the molecule is CCCC/C(=C\C(=O)O)c1cc(F)ccc1OC. The zero-order valence-electron chi connectivity index (χ0n) is 10.6. The van der Waals surface area contributed by atoms with E-state index in [9.17, 15) is 9.18 Å². The van der Waals surface area contributed by atoms with Crippen molar-refractivity contribution in [3.63, 3.8) is 0 Å². The maximum atomic E-state index is 13.3. The maximum Gasteiger partial charge on any atom is 0.328 e. The van der Waals surface area contributed by atoms with Crippen LogP contribution in [0.3, 0.4) is 0 Å². The molecule has 0 aliphatic carbocycles. The highest BCUT2D eigenvalue weighted by Gasteiger charge is 2.11. The monoisotopic (exact) mass is 252 g/mol. The van der Waals surface area contributed by atoms with Gasteiger partial charge in [-0.05, 0) is 36.6 Å². The molecule has 1 rings (SSSR count). The van der Waals surface area contributed by atoms with Gasteiger partial charge in [0.1, 0.15) is 11.6 Å². The molecule has 1 aromatic carbocycles. The topological polar surface area (TPSA) is 46.5 Å². The van der Waals surface area contributed by atoms with Crippen molar-refractivity contribution in [3.05, 3.63) is 35.7 Å². The summed E-state index contributed by atoms with van der Waals surface area (Å²) in [4.78, 5) is 10.8. The molecule has 0 saturated carbocycles. The van der Waals surface area contributed by atoms with Crippen LogP contribution in [0, 0.1) is 5.82 Å². The largest absolute Gasteiger partial charge is 0.496 e. The van der Waals surface area contributed by atoms with E-state index < -0.39 is 11.8 Å². The second-order valence-electron chi connectivity index (χ2n) is 3.96. The normalized spacial score (nSPS) is 11.4. The first-order valence-electron chi connectivity index (χ1n) is 5.86. The van der Waals surface area contributed by atoms with E-state index in [0.29, 0.717) is 23.3 Å². The number of hydrogen-bond acceptors (Lipinski definition) is 2. The second kappa shape index (κ2) is 6.79. The van der Waals surface area contributed by atoms with Crippen molar-refractivity contribution in [2.24, 2.45) is 0 Å². The van der Waals surface area contributed by atoms with Gasteiger partial charge in [0.2, 0.25) is 0 Å². The van der Waals surface area contributed by atoms with Crippen LogP contribution < -0.4 is 4.74 Å². The number of allylic oxidation sites excluding steroid dienone is 1. The summed E-state index contributed by atoms with van der Waals surface area (Å²) in [5.74, 6) is -0.953. The third kappa shape index (κ3) is 3.87. The Bertz CT molecular complexity index is 452. The van der Waals surface area contributed by atoms with Crippen LogP contribution in [-0.2, 0) is 4.79 Å². The zero-order valence-corrected chi connectivity index (χ0v) is 10.6. The van der Waals surface area contributed by atoms with Gasteiger partial charge in [0.15, 0.2) is 0 Å². The highest BCUT2D eigenvalue weighted by atomic mass is 19.1. The average Bonchev–Trinajstić information content (AvgIpc) is 2.34. The van der Waals surface area contributed by atoms with Gasteiger partial charge in [0, 0.05) is 11.6 Å². The number of hydrogen-bond donors (Lipinski definition) is 1. The van der Waals surface area contributed by atoms with Crippen LogP contribution in [0.2, 0.25) is 0 Å². The van der Waals surface area contributed by atoms with Gasteiger partial charge in [-0.15, -0.1) is 0 Å². The van der Waals surface area contributed by atoms with E-state index in [1.165, 1.54) is 25.3 Å². The molecule has 0 heterocycles. The first kappa shape index (κ1) is 14.2. The minimum atomic E-state index is -1.03. The minimum Gasteiger partial charge on any atom is -0.496 e. The molecule has 0 unspecified atom stereocenters. The molecule has 1 N–H and O–H groups in total. The third-order valence-corrected chi connectivity index (χ3v) is 2.60. The lowest BCUT2D eigenvalue weighted by molar-refractivity contribution is -0.131. The highest BCUT2D eigenvalue weighted by Crippen LogP contribution is 2.30. The summed E-state index contributed by atoms with van der Waals surface area (Å²) in [6.45, 7) is 2.02. The Morgan fingerprint density at radius 2 is 2.22 bits per heavy atom. The first-order valence-corrected chi connectivity index (χ1v) is 5.86. The van der Waals surface area contributed by atoms with Gasteiger partial charge in [-0.2, -0.15) is 0 Å². The van der Waals surface area contributed by atoms with E-state index in [0.717, 1.165) is 18.9 Å². The molecular weight excluding hydrogens is 235 g/mol. The molecule has 0 amide bonds. The molecule has 0 aliphatic heterocycles. The number of aliphatic carboxylic acids is 1. The average molecular weight is 252 g/mol. The van der Waals surface area contributed by atoms with Crippen LogP contribution in [0.5, 0.6) is 5.75 Å². The van der Waals surface area contributed by atoms with Crippen molar-refractivity contribution in [1.82, 2.24) is 0 Å². The fraction of sp³-hybridized carbons (Fsp3) is 0.357. The molecule has 0 saturated heterocycles. The Hall–Kier alpha value is -1.84. The minimum absolute atomic E-state index is 0.404. The van der Waals surface area contributed by atoms with Crippen molar-refractivity contribution in [2.75, 3.05) is 7.11 Å². The predicted octanol–water partition coefficient (Wildman–Crippen LogP) is 3.49. The molecule has 3 nitrogen and oxygen atoms in total. The number of halogens is 1. The van der Waals surface area contributed by atoms with Crippen molar-refractivity contribution in [3.8, 4) is 5.75 Å². The Morgan fingerprint density at radius 3 is 2.78 bits per heavy atom. The van der Waals surface area contributed by atoms with Gasteiger partial charge in [-0.1, -0.05) is 13.3 Å². The molecule has 4 heteroatoms. The van der Waals surface area contributed by atoms with Crippen LogP contribution in [0.15, 0.2) is 24.3 Å². The number of methoxy groups -OCH3 is 1. The van der Waals surface area contributed by atoms with Crippen LogP contribution in [0.4, 0.5) is 4.39 Å². The second-order valence-corrected chi connectivity index (χ2v) is 3.96. The number of carboxylic acid groups (broad SMARTS) is 1. The van der Waals surface area contributed by atoms with Crippen molar-refractivity contribution >= 4 is 11.5 Å². The summed E-state index contributed by atoms with van der Waals surface area (Å²) in [6.07, 6.45) is 3.49. The molecule has 0 bridgehead atoms. The van der Waals surface area contributed by atoms with Crippen LogP contribution >= 0.6 is 0 Å². The number of benzene rings is 1. The van der Waals surface area contributed by atoms with Crippen LogP contribution in [-0.4, -0.2) is 18.2 Å². The molecule has 0 atom stereocenters. The molecule has 0 aliphatic rings. The molecular formula is C14H17FO3. The van der Waals surface area contributed by atoms with E-state index >= 15 is 0 Å². The number of ether oxygens (including phenoxy) is 1. The Kier molecular flexibility index (Phi) is 5.36. The van der Waals surface area contributed by atoms with Crippen LogP contribution in [0.1, 0.15) is 31.7 Å². The van der Waals surface area contributed by atoms with Gasteiger partial charge in [0.05, 0.1) is 7.11 Å². The summed E-state index contributed by atoms with van der Waals surface area (Å²) in [6, 6.07) is 4.11. The molecule has 0 fully saturated rings. The lowest BCUT2D eigenvalue weighted by Crippen LogP contribution is -1.97. The predicted molar refractivity (Wildman–Crippen MR) is 68.1 cm³/mol. The van der Waals surface area contributed by atoms with Crippen molar-refractivity contribution in [1.29, 1.82) is 0 Å². The van der Waals surface area contributed by atoms with Gasteiger partial charge in [-0.3, -0.25) is 0 Å². The molecule has 18 heavy (non-hydrogen) atoms. The Labute approximate surface area is 106 Å². The highest BCUT2D eigenvalue weighted by molar-refractivity contribution is 5.91. The lowest BCUT2D eigenvalue weighted by Gasteiger charge is -2.11. The smallest absolute Gasteiger partial charge is 0.328 e. The zero-order chi connectivity index (χ0) is 13.5. The summed E-state index contributed by atoms with van der Waals surface area (Å²) < 4.78 is 18.4. The standard InChI is InChI=1S/C14H17FO3/c1-3-4-5-10(8-14(16)17)12-9-11(15)6-7-13(12)18-2/h6-9H,3-5H2,1-2H3,(H,16,17)/b10-8+. The number of carbonyl (C=O) groups is 1. The fourth-order valence-electron chi connectivity index (χ4n) is 1.73. The quantitative estimate of drug-likeness (QED) is 0.788. The van der Waals surface area contributed by atoms with E-state index in [4.69, 9.17) is 9.84 Å². The summed E-state index contributed by atoms with van der Waals surface area (Å²) >= 11 is 0. The summed E-state index contributed by atoms with van der Waals surface area (Å²) in [5, 5.41) is 8.87. The van der Waals surface area contributed by atoms with Gasteiger partial charge < -0.3 is 9.84 Å². The molecule has 0 aromatic heterocycles. The van der Waals surface area contributed by atoms with Gasteiger partial charge in [-0.25, -0.2) is 9.18 Å². The van der Waals surface area contributed by atoms with E-state index in [2.05, 4.69) is 0 Å². The molecule has 98 valence electrons. The Balaban J connectivity index is 3.18. The van der Waals surface area contributed by atoms with Crippen molar-refractivity contribution < 1.29 is 19.0 Å². The Morgan fingerprint density at radius 1 is 1.50 bits per heavy atom. The summed E-state index contributed by atoms with van der Waals surface area (Å²) in [5.41, 5.74) is 1.09. The van der Waals surface area contributed by atoms with Gasteiger partial charge in [0.25, 0.3) is 0 Å². The molecule has 1 aromatic rings. The number of unbranched alkanes of at least 4 members (excludes halogenated alkanes) is 1.